The fourth-order valence-corrected chi connectivity index (χ4v) is 1.55. The van der Waals surface area contributed by atoms with E-state index >= 15 is 0 Å². The first-order valence-corrected chi connectivity index (χ1v) is 6.17. The highest BCUT2D eigenvalue weighted by Crippen LogP contribution is 2.12. The first kappa shape index (κ1) is 13.7. The first-order valence-electron chi connectivity index (χ1n) is 6.17. The Morgan fingerprint density at radius 1 is 1.24 bits per heavy atom. The van der Waals surface area contributed by atoms with Gasteiger partial charge in [-0.2, -0.15) is 0 Å². The van der Waals surface area contributed by atoms with Crippen molar-refractivity contribution in [1.82, 2.24) is 0 Å². The molecule has 0 bridgehead atoms. The Morgan fingerprint density at radius 3 is 2.53 bits per heavy atom. The average molecular weight is 235 g/mol. The van der Waals surface area contributed by atoms with Crippen molar-refractivity contribution in [3.63, 3.8) is 0 Å². The van der Waals surface area contributed by atoms with E-state index < -0.39 is 0 Å². The number of carbonyl (C=O) groups is 1. The average Bonchev–Trinajstić information content (AvgIpc) is 2.38. The molecule has 1 rings (SSSR count). The third kappa shape index (κ3) is 5.00. The van der Waals surface area contributed by atoms with E-state index in [9.17, 15) is 4.79 Å². The van der Waals surface area contributed by atoms with Crippen molar-refractivity contribution in [2.24, 2.45) is 0 Å². The number of ether oxygens (including phenoxy) is 1. The quantitative estimate of drug-likeness (QED) is 0.581. The third-order valence-corrected chi connectivity index (χ3v) is 2.59. The molecule has 0 fully saturated rings. The largest absolute Gasteiger partial charge is 0.494 e. The lowest BCUT2D eigenvalue weighted by atomic mass is 10.2. The lowest BCUT2D eigenvalue weighted by molar-refractivity contribution is -0.489. The maximum Gasteiger partial charge on any atom is 0.316 e. The van der Waals surface area contributed by atoms with Crippen LogP contribution in [0.4, 0.5) is 0 Å². The normalized spacial score (nSPS) is 10.2. The van der Waals surface area contributed by atoms with Gasteiger partial charge in [-0.1, -0.05) is 26.2 Å². The van der Waals surface area contributed by atoms with E-state index in [-0.39, 0.29) is 5.91 Å². The highest BCUT2D eigenvalue weighted by molar-refractivity contribution is 5.86. The number of amides is 1. The molecule has 0 atom stereocenters. The fourth-order valence-electron chi connectivity index (χ4n) is 1.55. The minimum absolute atomic E-state index is 0.0560. The van der Waals surface area contributed by atoms with Crippen molar-refractivity contribution in [3.05, 3.63) is 36.9 Å². The van der Waals surface area contributed by atoms with Gasteiger partial charge in [0.05, 0.1) is 12.2 Å². The van der Waals surface area contributed by atoms with Gasteiger partial charge in [0, 0.05) is 0 Å². The van der Waals surface area contributed by atoms with Gasteiger partial charge in [-0.3, -0.25) is 0 Å². The molecule has 0 aliphatic heterocycles. The van der Waals surface area contributed by atoms with Gasteiger partial charge in [-0.05, 0) is 30.7 Å². The zero-order chi connectivity index (χ0) is 12.5. The second-order valence-electron chi connectivity index (χ2n) is 4.00. The van der Waals surface area contributed by atoms with Crippen molar-refractivity contribution in [2.45, 2.75) is 32.6 Å². The molecule has 0 spiro atoms. The van der Waals surface area contributed by atoms with Crippen molar-refractivity contribution >= 4 is 5.91 Å². The summed E-state index contributed by atoms with van der Waals surface area (Å²) in [7, 11) is 3.46. The van der Waals surface area contributed by atoms with Crippen LogP contribution in [0.3, 0.4) is 0 Å². The number of carbonyl (C=O) groups excluding carboxylic acids is 1. The van der Waals surface area contributed by atoms with E-state index in [1.807, 2.05) is 12.1 Å². The SMILES string of the molecule is [CH2-][NH2+]C(=O)c1ccc(OCCCCCC)cc1. The van der Waals surface area contributed by atoms with Crippen LogP contribution in [-0.2, 0) is 0 Å². The van der Waals surface area contributed by atoms with Crippen LogP contribution in [0, 0.1) is 7.05 Å². The minimum Gasteiger partial charge on any atom is -0.494 e. The minimum atomic E-state index is -0.0560. The van der Waals surface area contributed by atoms with Gasteiger partial charge < -0.3 is 10.1 Å². The molecule has 94 valence electrons. The highest BCUT2D eigenvalue weighted by atomic mass is 16.5. The molecule has 0 unspecified atom stereocenters. The molecule has 3 nitrogen and oxygen atoms in total. The number of primary amides is 1. The molecule has 1 aromatic rings. The summed E-state index contributed by atoms with van der Waals surface area (Å²) >= 11 is 0. The summed E-state index contributed by atoms with van der Waals surface area (Å²) in [6, 6.07) is 7.20. The number of hydrogen-bond donors (Lipinski definition) is 1. The van der Waals surface area contributed by atoms with Crippen molar-refractivity contribution < 1.29 is 14.8 Å². The van der Waals surface area contributed by atoms with Crippen molar-refractivity contribution in [3.8, 4) is 5.75 Å². The van der Waals surface area contributed by atoms with E-state index in [2.05, 4.69) is 14.0 Å². The molecule has 17 heavy (non-hydrogen) atoms. The second-order valence-corrected chi connectivity index (χ2v) is 4.00. The molecule has 1 aromatic carbocycles. The van der Waals surface area contributed by atoms with Crippen LogP contribution in [0.1, 0.15) is 43.0 Å². The summed E-state index contributed by atoms with van der Waals surface area (Å²) in [5, 5.41) is 1.32. The number of nitrogens with two attached hydrogens (primary N) is 1. The number of unbranched alkanes of at least 4 members (excludes halogenated alkanes) is 3. The van der Waals surface area contributed by atoms with Crippen LogP contribution in [0.5, 0.6) is 5.75 Å². The highest BCUT2D eigenvalue weighted by Gasteiger charge is 2.04. The van der Waals surface area contributed by atoms with Gasteiger partial charge >= 0.3 is 5.91 Å². The van der Waals surface area contributed by atoms with Gasteiger partial charge in [0.2, 0.25) is 0 Å². The maximum atomic E-state index is 11.3. The molecule has 0 saturated carbocycles. The predicted molar refractivity (Wildman–Crippen MR) is 67.7 cm³/mol. The number of benzene rings is 1. The second kappa shape index (κ2) is 7.85. The van der Waals surface area contributed by atoms with E-state index in [1.165, 1.54) is 24.6 Å². The predicted octanol–water partition coefficient (Wildman–Crippen LogP) is 2.14. The van der Waals surface area contributed by atoms with E-state index in [0.717, 1.165) is 18.8 Å². The standard InChI is InChI=1S/C14H21NO2/c1-3-4-5-6-11-17-13-9-7-12(8-10-13)14(16)15-2/h7-10H,2-6,11,15H2,1H3. The van der Waals surface area contributed by atoms with E-state index in [1.54, 1.807) is 12.1 Å². The Balaban J connectivity index is 2.33. The Labute approximate surface area is 103 Å². The van der Waals surface area contributed by atoms with Crippen molar-refractivity contribution in [1.29, 1.82) is 0 Å². The first-order chi connectivity index (χ1) is 8.27. The smallest absolute Gasteiger partial charge is 0.316 e. The van der Waals surface area contributed by atoms with Gasteiger partial charge in [0.15, 0.2) is 0 Å². The van der Waals surface area contributed by atoms with Crippen LogP contribution in [-0.4, -0.2) is 12.5 Å². The lowest BCUT2D eigenvalue weighted by Crippen LogP contribution is -2.81. The van der Waals surface area contributed by atoms with E-state index in [0.29, 0.717) is 5.56 Å². The summed E-state index contributed by atoms with van der Waals surface area (Å²) < 4.78 is 5.58. The van der Waals surface area contributed by atoms with Crippen LogP contribution in [0.2, 0.25) is 0 Å². The summed E-state index contributed by atoms with van der Waals surface area (Å²) in [5.41, 5.74) is 0.651. The number of quaternary nitrogens is 1. The summed E-state index contributed by atoms with van der Waals surface area (Å²) in [6.07, 6.45) is 4.79. The molecule has 3 heteroatoms. The molecular weight excluding hydrogens is 214 g/mol. The Hall–Kier alpha value is -1.35. The summed E-state index contributed by atoms with van der Waals surface area (Å²) in [6.45, 7) is 2.94. The molecule has 0 heterocycles. The summed E-state index contributed by atoms with van der Waals surface area (Å²) in [5.74, 6) is 0.765. The van der Waals surface area contributed by atoms with Gasteiger partial charge in [0.1, 0.15) is 5.75 Å². The van der Waals surface area contributed by atoms with Gasteiger partial charge in [-0.15, -0.1) is 7.05 Å². The molecule has 1 amide bonds. The van der Waals surface area contributed by atoms with Crippen LogP contribution < -0.4 is 10.1 Å². The molecule has 0 aromatic heterocycles. The molecule has 0 aliphatic rings. The molecule has 0 aliphatic carbocycles. The lowest BCUT2D eigenvalue weighted by Gasteiger charge is -2.06. The maximum absolute atomic E-state index is 11.3. The number of hydrogen-bond acceptors (Lipinski definition) is 2. The summed E-state index contributed by atoms with van der Waals surface area (Å²) in [4.78, 5) is 11.3. The monoisotopic (exact) mass is 235 g/mol. The fraction of sp³-hybridized carbons (Fsp3) is 0.429. The van der Waals surface area contributed by atoms with Crippen molar-refractivity contribution in [2.75, 3.05) is 6.61 Å². The van der Waals surface area contributed by atoms with Gasteiger partial charge in [0.25, 0.3) is 0 Å². The molecular formula is C14H21NO2. The Morgan fingerprint density at radius 2 is 1.94 bits per heavy atom. The molecule has 0 saturated heterocycles. The molecule has 0 radical (unpaired) electrons. The number of rotatable bonds is 7. The topological polar surface area (TPSA) is 42.9 Å². The zero-order valence-electron chi connectivity index (χ0n) is 10.4. The zero-order valence-corrected chi connectivity index (χ0v) is 10.4. The van der Waals surface area contributed by atoms with Crippen LogP contribution >= 0.6 is 0 Å². The Kier molecular flexibility index (Phi) is 6.33. The third-order valence-electron chi connectivity index (χ3n) is 2.59. The van der Waals surface area contributed by atoms with Crippen LogP contribution in [0.25, 0.3) is 0 Å². The molecule has 2 N–H and O–H groups in total. The van der Waals surface area contributed by atoms with E-state index in [4.69, 9.17) is 4.74 Å². The van der Waals surface area contributed by atoms with Gasteiger partial charge in [-0.25, -0.2) is 4.79 Å². The Bertz CT molecular complexity index is 333. The van der Waals surface area contributed by atoms with Crippen LogP contribution in [0.15, 0.2) is 24.3 Å².